The van der Waals surface area contributed by atoms with Crippen LogP contribution in [-0.4, -0.2) is 33.0 Å². The molecule has 2 aromatic heterocycles. The summed E-state index contributed by atoms with van der Waals surface area (Å²) in [6.45, 7) is 0.536. The third kappa shape index (κ3) is 5.73. The molecule has 2 heterocycles. The highest BCUT2D eigenvalue weighted by atomic mass is 32.2. The SMILES string of the molecule is COc1ccc(CN(c2ccc(S(=O)(=O)N(Cc3ccc(OC)cc3)c3ccon3)cc2)c2ccon2)cc1. The van der Waals surface area contributed by atoms with E-state index in [1.54, 1.807) is 68.8 Å². The minimum Gasteiger partial charge on any atom is -0.497 e. The fourth-order valence-electron chi connectivity index (χ4n) is 4.01. The van der Waals surface area contributed by atoms with Gasteiger partial charge in [0, 0.05) is 24.4 Å². The van der Waals surface area contributed by atoms with E-state index in [9.17, 15) is 8.42 Å². The normalized spacial score (nSPS) is 11.2. The van der Waals surface area contributed by atoms with Crippen LogP contribution < -0.4 is 18.7 Å². The molecule has 0 aliphatic rings. The molecule has 0 unspecified atom stereocenters. The molecule has 0 aliphatic carbocycles. The molecule has 0 fully saturated rings. The first-order chi connectivity index (χ1) is 19.0. The van der Waals surface area contributed by atoms with Crippen LogP contribution in [0.25, 0.3) is 0 Å². The molecule has 0 saturated heterocycles. The van der Waals surface area contributed by atoms with Crippen LogP contribution in [0.3, 0.4) is 0 Å². The highest BCUT2D eigenvalue weighted by molar-refractivity contribution is 7.92. The second-order valence-corrected chi connectivity index (χ2v) is 10.4. The van der Waals surface area contributed by atoms with Crippen molar-refractivity contribution < 1.29 is 26.9 Å². The van der Waals surface area contributed by atoms with E-state index in [4.69, 9.17) is 18.5 Å². The van der Waals surface area contributed by atoms with Crippen LogP contribution in [-0.2, 0) is 23.1 Å². The van der Waals surface area contributed by atoms with Crippen molar-refractivity contribution >= 4 is 27.3 Å². The molecule has 10 nitrogen and oxygen atoms in total. The molecule has 0 N–H and O–H groups in total. The van der Waals surface area contributed by atoms with Crippen molar-refractivity contribution in [3.05, 3.63) is 109 Å². The number of rotatable bonds is 11. The third-order valence-corrected chi connectivity index (χ3v) is 7.87. The van der Waals surface area contributed by atoms with E-state index in [0.29, 0.717) is 18.1 Å². The first kappa shape index (κ1) is 25.9. The molecule has 3 aromatic carbocycles. The predicted molar refractivity (Wildman–Crippen MR) is 145 cm³/mol. The number of hydrogen-bond acceptors (Lipinski definition) is 9. The number of nitrogens with zero attached hydrogens (tertiary/aromatic N) is 4. The van der Waals surface area contributed by atoms with Crippen molar-refractivity contribution in [2.75, 3.05) is 23.4 Å². The van der Waals surface area contributed by atoms with Gasteiger partial charge in [0.05, 0.1) is 25.7 Å². The largest absolute Gasteiger partial charge is 0.497 e. The van der Waals surface area contributed by atoms with Crippen molar-refractivity contribution in [2.45, 2.75) is 18.0 Å². The summed E-state index contributed by atoms with van der Waals surface area (Å²) in [4.78, 5) is 2.03. The van der Waals surface area contributed by atoms with Gasteiger partial charge in [-0.15, -0.1) is 0 Å². The number of aromatic nitrogens is 2. The van der Waals surface area contributed by atoms with E-state index in [0.717, 1.165) is 22.6 Å². The van der Waals surface area contributed by atoms with Crippen molar-refractivity contribution in [1.29, 1.82) is 0 Å². The minimum absolute atomic E-state index is 0.0587. The van der Waals surface area contributed by atoms with Crippen LogP contribution in [0.1, 0.15) is 11.1 Å². The molecule has 11 heteroatoms. The van der Waals surface area contributed by atoms with Crippen LogP contribution >= 0.6 is 0 Å². The molecule has 0 atom stereocenters. The Labute approximate surface area is 226 Å². The minimum atomic E-state index is -3.99. The fourth-order valence-corrected chi connectivity index (χ4v) is 5.40. The average molecular weight is 547 g/mol. The summed E-state index contributed by atoms with van der Waals surface area (Å²) in [5.74, 6) is 2.20. The third-order valence-electron chi connectivity index (χ3n) is 6.10. The molecule has 5 aromatic rings. The molecular formula is C28H26N4O6S. The first-order valence-electron chi connectivity index (χ1n) is 11.9. The molecular weight excluding hydrogens is 520 g/mol. The van der Waals surface area contributed by atoms with Crippen LogP contribution in [0, 0.1) is 0 Å². The Morgan fingerprint density at radius 1 is 0.667 bits per heavy atom. The Balaban J connectivity index is 1.44. The highest BCUT2D eigenvalue weighted by Gasteiger charge is 2.28. The second-order valence-electron chi connectivity index (χ2n) is 8.50. The number of ether oxygens (including phenoxy) is 2. The molecule has 0 saturated carbocycles. The van der Waals surface area contributed by atoms with Crippen LogP contribution in [0.15, 0.2) is 111 Å². The zero-order chi connectivity index (χ0) is 27.2. The summed E-state index contributed by atoms with van der Waals surface area (Å²) in [5.41, 5.74) is 2.50. The zero-order valence-electron chi connectivity index (χ0n) is 21.3. The first-order valence-corrected chi connectivity index (χ1v) is 13.4. The van der Waals surface area contributed by atoms with Crippen molar-refractivity contribution in [3.63, 3.8) is 0 Å². The van der Waals surface area contributed by atoms with Gasteiger partial charge in [0.25, 0.3) is 10.0 Å². The number of benzene rings is 3. The molecule has 0 aliphatic heterocycles. The number of hydrogen-bond donors (Lipinski definition) is 0. The maximum atomic E-state index is 13.8. The smallest absolute Gasteiger partial charge is 0.265 e. The van der Waals surface area contributed by atoms with Crippen molar-refractivity contribution in [2.24, 2.45) is 0 Å². The average Bonchev–Trinajstić information content (AvgIpc) is 3.71. The standard InChI is InChI=1S/C28H26N4O6S/c1-35-24-9-3-21(4-10-24)19-31(27-15-17-37-29-27)23-7-13-26(14-8-23)39(33,34)32(28-16-18-38-30-28)20-22-5-11-25(36-2)12-6-22/h3-18H,19-20H2,1-2H3. The van der Waals surface area contributed by atoms with Gasteiger partial charge in [0.15, 0.2) is 11.6 Å². The van der Waals surface area contributed by atoms with Gasteiger partial charge in [-0.05, 0) is 59.7 Å². The Hall–Kier alpha value is -4.77. The van der Waals surface area contributed by atoms with Crippen molar-refractivity contribution in [1.82, 2.24) is 10.3 Å². The van der Waals surface area contributed by atoms with Gasteiger partial charge in [0.1, 0.15) is 24.0 Å². The summed E-state index contributed by atoms with van der Waals surface area (Å²) in [6.07, 6.45) is 2.83. The molecule has 0 bridgehead atoms. The molecule has 200 valence electrons. The van der Waals surface area contributed by atoms with Crippen LogP contribution in [0.5, 0.6) is 11.5 Å². The lowest BCUT2D eigenvalue weighted by Crippen LogP contribution is -2.31. The van der Waals surface area contributed by atoms with Gasteiger partial charge in [0.2, 0.25) is 0 Å². The quantitative estimate of drug-likeness (QED) is 0.215. The van der Waals surface area contributed by atoms with Crippen LogP contribution in [0.2, 0.25) is 0 Å². The summed E-state index contributed by atoms with van der Waals surface area (Å²) in [6, 6.07) is 24.7. The lowest BCUT2D eigenvalue weighted by molar-refractivity contribution is 0.414. The summed E-state index contributed by atoms with van der Waals surface area (Å²) in [7, 11) is -0.795. The van der Waals surface area contributed by atoms with E-state index in [1.165, 1.54) is 22.9 Å². The Bertz CT molecular complexity index is 1570. The number of anilines is 3. The monoisotopic (exact) mass is 546 g/mol. The van der Waals surface area contributed by atoms with Crippen LogP contribution in [0.4, 0.5) is 17.3 Å². The molecule has 0 amide bonds. The lowest BCUT2D eigenvalue weighted by atomic mass is 10.2. The number of methoxy groups -OCH3 is 2. The maximum absolute atomic E-state index is 13.8. The van der Waals surface area contributed by atoms with Crippen molar-refractivity contribution in [3.8, 4) is 11.5 Å². The Kier molecular flexibility index (Phi) is 7.50. The van der Waals surface area contributed by atoms with Gasteiger partial charge >= 0.3 is 0 Å². The summed E-state index contributed by atoms with van der Waals surface area (Å²) < 4.78 is 49.3. The molecule has 39 heavy (non-hydrogen) atoms. The zero-order valence-corrected chi connectivity index (χ0v) is 22.1. The topological polar surface area (TPSA) is 111 Å². The maximum Gasteiger partial charge on any atom is 0.265 e. The van der Waals surface area contributed by atoms with E-state index < -0.39 is 10.0 Å². The Morgan fingerprint density at radius 2 is 1.18 bits per heavy atom. The van der Waals surface area contributed by atoms with Gasteiger partial charge < -0.3 is 23.4 Å². The lowest BCUT2D eigenvalue weighted by Gasteiger charge is -2.24. The van der Waals surface area contributed by atoms with E-state index in [2.05, 4.69) is 10.3 Å². The van der Waals surface area contributed by atoms with E-state index >= 15 is 0 Å². The predicted octanol–water partition coefficient (Wildman–Crippen LogP) is 5.41. The van der Waals surface area contributed by atoms with Gasteiger partial charge in [-0.2, -0.15) is 0 Å². The molecule has 0 radical (unpaired) electrons. The second kappa shape index (κ2) is 11.3. The highest BCUT2D eigenvalue weighted by Crippen LogP contribution is 2.30. The number of sulfonamides is 1. The van der Waals surface area contributed by atoms with E-state index in [1.807, 2.05) is 29.2 Å². The Morgan fingerprint density at radius 3 is 1.67 bits per heavy atom. The van der Waals surface area contributed by atoms with Gasteiger partial charge in [-0.1, -0.05) is 34.6 Å². The van der Waals surface area contributed by atoms with Gasteiger partial charge in [-0.3, -0.25) is 0 Å². The fraction of sp³-hybridized carbons (Fsp3) is 0.143. The summed E-state index contributed by atoms with van der Waals surface area (Å²) in [5, 5.41) is 7.98. The van der Waals surface area contributed by atoms with Gasteiger partial charge in [-0.25, -0.2) is 12.7 Å². The van der Waals surface area contributed by atoms with E-state index in [-0.39, 0.29) is 17.3 Å². The summed E-state index contributed by atoms with van der Waals surface area (Å²) >= 11 is 0. The molecule has 5 rings (SSSR count). The molecule has 0 spiro atoms.